The van der Waals surface area contributed by atoms with E-state index in [2.05, 4.69) is 10.6 Å². The second kappa shape index (κ2) is 6.88. The average Bonchev–Trinajstić information content (AvgIpc) is 2.48. The van der Waals surface area contributed by atoms with Gasteiger partial charge in [-0.1, -0.05) is 26.0 Å². The van der Waals surface area contributed by atoms with E-state index in [1.54, 1.807) is 12.1 Å². The third-order valence-electron chi connectivity index (χ3n) is 3.09. The predicted molar refractivity (Wildman–Crippen MR) is 83.6 cm³/mol. The Labute approximate surface area is 124 Å². The maximum Gasteiger partial charge on any atom is 0.226 e. The summed E-state index contributed by atoms with van der Waals surface area (Å²) in [4.78, 5) is 11.6. The second-order valence-electron chi connectivity index (χ2n) is 5.20. The number of hydrogen-bond acceptors (Lipinski definition) is 2. The van der Waals surface area contributed by atoms with E-state index in [1.165, 1.54) is 12.1 Å². The van der Waals surface area contributed by atoms with Crippen molar-refractivity contribution in [2.24, 2.45) is 5.92 Å². The van der Waals surface area contributed by atoms with E-state index in [0.29, 0.717) is 6.54 Å². The molecule has 2 aromatic rings. The van der Waals surface area contributed by atoms with E-state index < -0.39 is 0 Å². The van der Waals surface area contributed by atoms with E-state index in [0.717, 1.165) is 16.9 Å². The number of rotatable bonds is 5. The zero-order chi connectivity index (χ0) is 15.2. The van der Waals surface area contributed by atoms with E-state index in [1.807, 2.05) is 38.1 Å². The van der Waals surface area contributed by atoms with Crippen LogP contribution in [-0.2, 0) is 11.3 Å². The standard InChI is InChI=1S/C17H19FN2O/c1-12(2)17(21)20-16-9-7-15(8-10-16)19-11-13-3-5-14(18)6-4-13/h3-10,12,19H,11H2,1-2H3,(H,20,21). The number of hydrogen-bond donors (Lipinski definition) is 2. The summed E-state index contributed by atoms with van der Waals surface area (Å²) < 4.78 is 12.8. The SMILES string of the molecule is CC(C)C(=O)Nc1ccc(NCc2ccc(F)cc2)cc1. The maximum absolute atomic E-state index is 12.8. The molecule has 0 atom stereocenters. The van der Waals surface area contributed by atoms with Gasteiger partial charge in [-0.2, -0.15) is 0 Å². The van der Waals surface area contributed by atoms with Crippen molar-refractivity contribution in [1.82, 2.24) is 0 Å². The first kappa shape index (κ1) is 15.0. The Morgan fingerprint density at radius 1 is 1.00 bits per heavy atom. The number of benzene rings is 2. The highest BCUT2D eigenvalue weighted by Gasteiger charge is 2.06. The molecule has 1 amide bonds. The lowest BCUT2D eigenvalue weighted by Crippen LogP contribution is -2.17. The van der Waals surface area contributed by atoms with Crippen LogP contribution in [0.25, 0.3) is 0 Å². The van der Waals surface area contributed by atoms with E-state index in [-0.39, 0.29) is 17.6 Å². The van der Waals surface area contributed by atoms with Gasteiger partial charge in [0.1, 0.15) is 5.82 Å². The van der Waals surface area contributed by atoms with Gasteiger partial charge in [-0.05, 0) is 42.0 Å². The number of anilines is 2. The minimum Gasteiger partial charge on any atom is -0.381 e. The molecular formula is C17H19FN2O. The van der Waals surface area contributed by atoms with E-state index >= 15 is 0 Å². The molecule has 21 heavy (non-hydrogen) atoms. The lowest BCUT2D eigenvalue weighted by Gasteiger charge is -2.10. The van der Waals surface area contributed by atoms with Gasteiger partial charge in [-0.3, -0.25) is 4.79 Å². The molecule has 0 radical (unpaired) electrons. The molecule has 0 aromatic heterocycles. The molecule has 0 saturated carbocycles. The van der Waals surface area contributed by atoms with Crippen LogP contribution in [-0.4, -0.2) is 5.91 Å². The van der Waals surface area contributed by atoms with Gasteiger partial charge in [-0.25, -0.2) is 4.39 Å². The van der Waals surface area contributed by atoms with Gasteiger partial charge in [0, 0.05) is 23.8 Å². The van der Waals surface area contributed by atoms with Crippen molar-refractivity contribution in [3.8, 4) is 0 Å². The summed E-state index contributed by atoms with van der Waals surface area (Å²) in [6.07, 6.45) is 0. The zero-order valence-corrected chi connectivity index (χ0v) is 12.2. The van der Waals surface area contributed by atoms with Gasteiger partial charge in [0.15, 0.2) is 0 Å². The zero-order valence-electron chi connectivity index (χ0n) is 12.2. The van der Waals surface area contributed by atoms with E-state index in [9.17, 15) is 9.18 Å². The number of halogens is 1. The normalized spacial score (nSPS) is 10.5. The topological polar surface area (TPSA) is 41.1 Å². The molecule has 110 valence electrons. The van der Waals surface area contributed by atoms with Crippen LogP contribution in [0.5, 0.6) is 0 Å². The van der Waals surface area contributed by atoms with Crippen molar-refractivity contribution >= 4 is 17.3 Å². The number of amides is 1. The molecule has 3 nitrogen and oxygen atoms in total. The summed E-state index contributed by atoms with van der Waals surface area (Å²) >= 11 is 0. The molecule has 0 aliphatic carbocycles. The van der Waals surface area contributed by atoms with Crippen LogP contribution < -0.4 is 10.6 Å². The van der Waals surface area contributed by atoms with Crippen molar-refractivity contribution in [2.75, 3.05) is 10.6 Å². The average molecular weight is 286 g/mol. The molecule has 2 aromatic carbocycles. The highest BCUT2D eigenvalue weighted by molar-refractivity contribution is 5.92. The number of carbonyl (C=O) groups is 1. The molecule has 0 saturated heterocycles. The predicted octanol–water partition coefficient (Wildman–Crippen LogP) is 4.03. The second-order valence-corrected chi connectivity index (χ2v) is 5.20. The fraction of sp³-hybridized carbons (Fsp3) is 0.235. The maximum atomic E-state index is 12.8. The van der Waals surface area contributed by atoms with Gasteiger partial charge in [0.25, 0.3) is 0 Å². The molecule has 0 unspecified atom stereocenters. The fourth-order valence-electron chi connectivity index (χ4n) is 1.76. The Hall–Kier alpha value is -2.36. The third kappa shape index (κ3) is 4.60. The summed E-state index contributed by atoms with van der Waals surface area (Å²) in [6, 6.07) is 13.9. The molecule has 0 fully saturated rings. The van der Waals surface area contributed by atoms with Crippen molar-refractivity contribution in [1.29, 1.82) is 0 Å². The van der Waals surface area contributed by atoms with Crippen LogP contribution >= 0.6 is 0 Å². The fourth-order valence-corrected chi connectivity index (χ4v) is 1.76. The summed E-state index contributed by atoms with van der Waals surface area (Å²) in [5, 5.41) is 6.09. The summed E-state index contributed by atoms with van der Waals surface area (Å²) in [6.45, 7) is 4.33. The largest absolute Gasteiger partial charge is 0.381 e. The van der Waals surface area contributed by atoms with Crippen LogP contribution in [0.4, 0.5) is 15.8 Å². The van der Waals surface area contributed by atoms with Crippen LogP contribution in [0, 0.1) is 11.7 Å². The smallest absolute Gasteiger partial charge is 0.226 e. The molecule has 4 heteroatoms. The number of nitrogens with one attached hydrogen (secondary N) is 2. The minimum atomic E-state index is -0.232. The lowest BCUT2D eigenvalue weighted by molar-refractivity contribution is -0.118. The van der Waals surface area contributed by atoms with Gasteiger partial charge in [-0.15, -0.1) is 0 Å². The van der Waals surface area contributed by atoms with Gasteiger partial charge < -0.3 is 10.6 Å². The third-order valence-corrected chi connectivity index (χ3v) is 3.09. The van der Waals surface area contributed by atoms with Crippen LogP contribution in [0.3, 0.4) is 0 Å². The Balaban J connectivity index is 1.90. The molecule has 2 rings (SSSR count). The Bertz CT molecular complexity index is 591. The Morgan fingerprint density at radius 2 is 1.57 bits per heavy atom. The molecule has 0 heterocycles. The first-order valence-corrected chi connectivity index (χ1v) is 6.94. The van der Waals surface area contributed by atoms with Gasteiger partial charge in [0.2, 0.25) is 5.91 Å². The molecule has 0 aliphatic heterocycles. The van der Waals surface area contributed by atoms with Crippen LogP contribution in [0.15, 0.2) is 48.5 Å². The lowest BCUT2D eigenvalue weighted by atomic mass is 10.2. The summed E-state index contributed by atoms with van der Waals surface area (Å²) in [5.74, 6) is -0.271. The molecule has 0 spiro atoms. The van der Waals surface area contributed by atoms with Crippen LogP contribution in [0.1, 0.15) is 19.4 Å². The quantitative estimate of drug-likeness (QED) is 0.871. The minimum absolute atomic E-state index is 0.00187. The summed E-state index contributed by atoms with van der Waals surface area (Å²) in [7, 11) is 0. The monoisotopic (exact) mass is 286 g/mol. The summed E-state index contributed by atoms with van der Waals surface area (Å²) in [5.41, 5.74) is 2.73. The highest BCUT2D eigenvalue weighted by atomic mass is 19.1. The first-order chi connectivity index (χ1) is 10.0. The van der Waals surface area contributed by atoms with Gasteiger partial charge >= 0.3 is 0 Å². The molecule has 2 N–H and O–H groups in total. The van der Waals surface area contributed by atoms with Crippen molar-refractivity contribution in [2.45, 2.75) is 20.4 Å². The highest BCUT2D eigenvalue weighted by Crippen LogP contribution is 2.15. The molecule has 0 aliphatic rings. The Morgan fingerprint density at radius 3 is 2.14 bits per heavy atom. The van der Waals surface area contributed by atoms with E-state index in [4.69, 9.17) is 0 Å². The van der Waals surface area contributed by atoms with Crippen LogP contribution in [0.2, 0.25) is 0 Å². The van der Waals surface area contributed by atoms with Crippen molar-refractivity contribution < 1.29 is 9.18 Å². The Kier molecular flexibility index (Phi) is 4.93. The number of carbonyl (C=O) groups excluding carboxylic acids is 1. The first-order valence-electron chi connectivity index (χ1n) is 6.94. The van der Waals surface area contributed by atoms with Crippen molar-refractivity contribution in [3.63, 3.8) is 0 Å². The molecule has 0 bridgehead atoms. The molecular weight excluding hydrogens is 267 g/mol. The van der Waals surface area contributed by atoms with Gasteiger partial charge in [0.05, 0.1) is 0 Å². The van der Waals surface area contributed by atoms with Crippen molar-refractivity contribution in [3.05, 3.63) is 59.9 Å².